The summed E-state index contributed by atoms with van der Waals surface area (Å²) in [6.07, 6.45) is 3.84. The van der Waals surface area contributed by atoms with Gasteiger partial charge < -0.3 is 10.0 Å². The second kappa shape index (κ2) is 5.79. The summed E-state index contributed by atoms with van der Waals surface area (Å²) >= 11 is 1.57. The number of rotatable bonds is 4. The molecular weight excluding hydrogens is 274 g/mol. The van der Waals surface area contributed by atoms with E-state index in [-0.39, 0.29) is 11.8 Å². The zero-order valence-corrected chi connectivity index (χ0v) is 12.5. The first-order valence-corrected chi connectivity index (χ1v) is 7.57. The topological polar surface area (TPSA) is 57.6 Å². The van der Waals surface area contributed by atoms with E-state index in [0.29, 0.717) is 19.5 Å². The molecule has 1 aliphatic rings. The third-order valence-corrected chi connectivity index (χ3v) is 4.91. The summed E-state index contributed by atoms with van der Waals surface area (Å²) in [5.41, 5.74) is -0.799. The zero-order chi connectivity index (χ0) is 14.8. The molecule has 0 saturated carbocycles. The summed E-state index contributed by atoms with van der Waals surface area (Å²) in [4.78, 5) is 26.3. The number of likely N-dealkylation sites (tertiary alicyclic amines) is 1. The van der Waals surface area contributed by atoms with E-state index in [1.54, 1.807) is 22.3 Å². The summed E-state index contributed by atoms with van der Waals surface area (Å²) in [6.45, 7) is 4.62. The maximum atomic E-state index is 12.1. The van der Waals surface area contributed by atoms with Crippen molar-refractivity contribution in [3.8, 4) is 0 Å². The van der Waals surface area contributed by atoms with Gasteiger partial charge in [0, 0.05) is 24.0 Å². The number of carbonyl (C=O) groups is 2. The molecule has 5 heteroatoms. The maximum Gasteiger partial charge on any atom is 0.311 e. The molecule has 0 aromatic carbocycles. The minimum Gasteiger partial charge on any atom is -0.481 e. The molecule has 0 bridgehead atoms. The Morgan fingerprint density at radius 1 is 1.50 bits per heavy atom. The van der Waals surface area contributed by atoms with Crippen molar-refractivity contribution in [1.82, 2.24) is 4.90 Å². The van der Waals surface area contributed by atoms with Crippen LogP contribution in [0.2, 0.25) is 0 Å². The van der Waals surface area contributed by atoms with E-state index in [9.17, 15) is 14.7 Å². The van der Waals surface area contributed by atoms with Gasteiger partial charge in [0.1, 0.15) is 0 Å². The molecule has 1 aromatic rings. The van der Waals surface area contributed by atoms with E-state index >= 15 is 0 Å². The molecule has 1 aromatic heterocycles. The highest BCUT2D eigenvalue weighted by atomic mass is 32.1. The normalized spacial score (nSPS) is 22.9. The van der Waals surface area contributed by atoms with Crippen molar-refractivity contribution in [1.29, 1.82) is 0 Å². The first-order chi connectivity index (χ1) is 9.45. The van der Waals surface area contributed by atoms with Gasteiger partial charge in [-0.1, -0.05) is 19.9 Å². The van der Waals surface area contributed by atoms with Crippen LogP contribution in [0.5, 0.6) is 0 Å². The molecule has 1 aliphatic heterocycles. The van der Waals surface area contributed by atoms with Gasteiger partial charge in [0.05, 0.1) is 5.41 Å². The molecule has 20 heavy (non-hydrogen) atoms. The fraction of sp³-hybridized carbons (Fsp3) is 0.467. The molecule has 0 radical (unpaired) electrons. The van der Waals surface area contributed by atoms with Crippen molar-refractivity contribution < 1.29 is 14.7 Å². The first-order valence-electron chi connectivity index (χ1n) is 6.69. The van der Waals surface area contributed by atoms with Crippen molar-refractivity contribution in [3.63, 3.8) is 0 Å². The lowest BCUT2D eigenvalue weighted by Crippen LogP contribution is -2.40. The van der Waals surface area contributed by atoms with Gasteiger partial charge >= 0.3 is 5.97 Å². The highest BCUT2D eigenvalue weighted by Gasteiger charge is 2.48. The van der Waals surface area contributed by atoms with Gasteiger partial charge in [0.15, 0.2) is 0 Å². The van der Waals surface area contributed by atoms with Crippen molar-refractivity contribution in [2.45, 2.75) is 20.3 Å². The smallest absolute Gasteiger partial charge is 0.311 e. The summed E-state index contributed by atoms with van der Waals surface area (Å²) in [5.74, 6) is -0.897. The van der Waals surface area contributed by atoms with Crippen LogP contribution in [0.25, 0.3) is 6.08 Å². The molecule has 2 heterocycles. The minimum absolute atomic E-state index is 0.0130. The number of carboxylic acids is 1. The number of carbonyl (C=O) groups excluding carboxylic acids is 1. The molecule has 0 spiro atoms. The molecule has 1 N–H and O–H groups in total. The molecule has 1 unspecified atom stereocenters. The molecule has 4 nitrogen and oxygen atoms in total. The van der Waals surface area contributed by atoms with Crippen LogP contribution in [-0.4, -0.2) is 35.0 Å². The second-order valence-corrected chi connectivity index (χ2v) is 6.45. The molecule has 1 atom stereocenters. The van der Waals surface area contributed by atoms with Crippen LogP contribution in [0, 0.1) is 11.3 Å². The zero-order valence-electron chi connectivity index (χ0n) is 11.7. The van der Waals surface area contributed by atoms with Gasteiger partial charge in [0.25, 0.3) is 0 Å². The van der Waals surface area contributed by atoms with Gasteiger partial charge in [-0.25, -0.2) is 0 Å². The lowest BCUT2D eigenvalue weighted by Gasteiger charge is -2.28. The molecular formula is C15H19NO3S. The number of hydrogen-bond donors (Lipinski definition) is 1. The van der Waals surface area contributed by atoms with E-state index in [0.717, 1.165) is 4.88 Å². The Labute approximate surface area is 122 Å². The van der Waals surface area contributed by atoms with Gasteiger partial charge in [-0.3, -0.25) is 9.59 Å². The predicted octanol–water partition coefficient (Wildman–Crippen LogP) is 2.72. The summed E-state index contributed by atoms with van der Waals surface area (Å²) < 4.78 is 0. The summed E-state index contributed by atoms with van der Waals surface area (Å²) in [6, 6.07) is 3.87. The van der Waals surface area contributed by atoms with Crippen LogP contribution in [0.4, 0.5) is 0 Å². The fourth-order valence-corrected chi connectivity index (χ4v) is 3.18. The van der Waals surface area contributed by atoms with Gasteiger partial charge in [-0.2, -0.15) is 0 Å². The van der Waals surface area contributed by atoms with Crippen LogP contribution in [0.3, 0.4) is 0 Å². The van der Waals surface area contributed by atoms with E-state index in [2.05, 4.69) is 0 Å². The quantitative estimate of drug-likeness (QED) is 0.868. The molecule has 0 aliphatic carbocycles. The van der Waals surface area contributed by atoms with Crippen molar-refractivity contribution in [2.75, 3.05) is 13.1 Å². The molecule has 1 fully saturated rings. The number of thiophene rings is 1. The Hall–Kier alpha value is -1.62. The molecule has 1 amide bonds. The third-order valence-electron chi connectivity index (χ3n) is 4.08. The lowest BCUT2D eigenvalue weighted by atomic mass is 9.76. The summed E-state index contributed by atoms with van der Waals surface area (Å²) in [5, 5.41) is 11.4. The standard InChI is InChI=1S/C15H19NO3S/c1-11(2)15(14(18)19)7-8-16(10-15)13(17)6-5-12-4-3-9-20-12/h3-6,9,11H,7-8,10H2,1-2H3,(H,18,19)/b6-5+. The van der Waals surface area contributed by atoms with Crippen LogP contribution < -0.4 is 0 Å². The Morgan fingerprint density at radius 2 is 2.25 bits per heavy atom. The van der Waals surface area contributed by atoms with E-state index < -0.39 is 11.4 Å². The average Bonchev–Trinajstić information content (AvgIpc) is 3.05. The van der Waals surface area contributed by atoms with Crippen molar-refractivity contribution in [3.05, 3.63) is 28.5 Å². The Kier molecular flexibility index (Phi) is 4.28. The van der Waals surface area contributed by atoms with Gasteiger partial charge in [-0.15, -0.1) is 11.3 Å². The van der Waals surface area contributed by atoms with Gasteiger partial charge in [-0.05, 0) is 29.9 Å². The highest BCUT2D eigenvalue weighted by molar-refractivity contribution is 7.10. The fourth-order valence-electron chi connectivity index (χ4n) is 2.56. The van der Waals surface area contributed by atoms with Crippen molar-refractivity contribution in [2.24, 2.45) is 11.3 Å². The monoisotopic (exact) mass is 293 g/mol. The van der Waals surface area contributed by atoms with Crippen molar-refractivity contribution >= 4 is 29.3 Å². The third kappa shape index (κ3) is 2.77. The summed E-state index contributed by atoms with van der Waals surface area (Å²) in [7, 11) is 0. The minimum atomic E-state index is -0.801. The first kappa shape index (κ1) is 14.8. The van der Waals surface area contributed by atoms with E-state index in [4.69, 9.17) is 0 Å². The van der Waals surface area contributed by atoms with Crippen LogP contribution in [0.1, 0.15) is 25.1 Å². The molecule has 108 valence electrons. The van der Waals surface area contributed by atoms with E-state index in [1.807, 2.05) is 31.4 Å². The number of nitrogens with zero attached hydrogens (tertiary/aromatic N) is 1. The van der Waals surface area contributed by atoms with Crippen LogP contribution in [0.15, 0.2) is 23.6 Å². The highest BCUT2D eigenvalue weighted by Crippen LogP contribution is 2.38. The largest absolute Gasteiger partial charge is 0.481 e. The Morgan fingerprint density at radius 3 is 2.75 bits per heavy atom. The second-order valence-electron chi connectivity index (χ2n) is 5.47. The number of aliphatic carboxylic acids is 1. The number of carboxylic acid groups (broad SMARTS) is 1. The lowest BCUT2D eigenvalue weighted by molar-refractivity contribution is -0.151. The molecule has 1 saturated heterocycles. The predicted molar refractivity (Wildman–Crippen MR) is 79.5 cm³/mol. The maximum absolute atomic E-state index is 12.1. The molecule has 2 rings (SSSR count). The Balaban J connectivity index is 2.05. The number of amides is 1. The number of hydrogen-bond acceptors (Lipinski definition) is 3. The average molecular weight is 293 g/mol. The van der Waals surface area contributed by atoms with Crippen LogP contribution >= 0.6 is 11.3 Å². The Bertz CT molecular complexity index is 521. The SMILES string of the molecule is CC(C)C1(C(=O)O)CCN(C(=O)/C=C/c2cccs2)C1. The van der Waals surface area contributed by atoms with E-state index in [1.165, 1.54) is 6.08 Å². The van der Waals surface area contributed by atoms with Crippen LogP contribution in [-0.2, 0) is 9.59 Å². The van der Waals surface area contributed by atoms with Gasteiger partial charge in [0.2, 0.25) is 5.91 Å².